The molecular formula is C28H22N4O6. The van der Waals surface area contributed by atoms with E-state index in [2.05, 4.69) is 5.32 Å². The minimum Gasteiger partial charge on any atom is -0.495 e. The van der Waals surface area contributed by atoms with Crippen LogP contribution in [0.25, 0.3) is 6.08 Å². The highest BCUT2D eigenvalue weighted by atomic mass is 16.6. The third kappa shape index (κ3) is 3.45. The fraction of sp³-hybridized carbons (Fsp3) is 0.179. The molecule has 0 aromatic heterocycles. The molecule has 3 aromatic carbocycles. The molecule has 3 aromatic rings. The Kier molecular flexibility index (Phi) is 5.45. The maximum absolute atomic E-state index is 14.0. The topological polar surface area (TPSA) is 122 Å². The predicted octanol–water partition coefficient (Wildman–Crippen LogP) is 3.63. The highest BCUT2D eigenvalue weighted by molar-refractivity contribution is 6.25. The van der Waals surface area contributed by atoms with Gasteiger partial charge in [-0.15, -0.1) is 0 Å². The molecule has 0 spiro atoms. The number of nitro groups is 1. The van der Waals surface area contributed by atoms with Crippen molar-refractivity contribution in [2.45, 2.75) is 12.1 Å². The fourth-order valence-corrected chi connectivity index (χ4v) is 5.75. The van der Waals surface area contributed by atoms with Crippen LogP contribution in [0, 0.1) is 22.0 Å². The number of carbonyl (C=O) groups excluding carboxylic acids is 3. The first-order valence-electron chi connectivity index (χ1n) is 12.0. The second kappa shape index (κ2) is 8.84. The van der Waals surface area contributed by atoms with Crippen LogP contribution in [0.1, 0.15) is 5.56 Å². The Morgan fingerprint density at radius 1 is 0.921 bits per heavy atom. The number of hydrogen-bond acceptors (Lipinski definition) is 7. The van der Waals surface area contributed by atoms with E-state index in [1.54, 1.807) is 24.3 Å². The molecule has 38 heavy (non-hydrogen) atoms. The molecule has 0 saturated carbocycles. The number of carbonyl (C=O) groups is 3. The molecule has 10 nitrogen and oxygen atoms in total. The van der Waals surface area contributed by atoms with Crippen molar-refractivity contribution in [2.24, 2.45) is 11.8 Å². The zero-order valence-electron chi connectivity index (χ0n) is 20.2. The van der Waals surface area contributed by atoms with E-state index in [-0.39, 0.29) is 5.69 Å². The lowest BCUT2D eigenvalue weighted by molar-refractivity contribution is -0.384. The van der Waals surface area contributed by atoms with Crippen molar-refractivity contribution in [2.75, 3.05) is 22.2 Å². The molecule has 4 atom stereocenters. The molecular weight excluding hydrogens is 488 g/mol. The van der Waals surface area contributed by atoms with Crippen molar-refractivity contribution < 1.29 is 24.0 Å². The molecule has 10 heteroatoms. The number of ether oxygens (including phenoxy) is 1. The van der Waals surface area contributed by atoms with Crippen LogP contribution >= 0.6 is 0 Å². The van der Waals surface area contributed by atoms with Crippen LogP contribution in [0.15, 0.2) is 78.9 Å². The highest BCUT2D eigenvalue weighted by Crippen LogP contribution is 2.50. The lowest BCUT2D eigenvalue weighted by atomic mass is 9.88. The van der Waals surface area contributed by atoms with E-state index in [4.69, 9.17) is 4.74 Å². The molecule has 2 fully saturated rings. The number of benzene rings is 3. The Bertz CT molecular complexity index is 1520. The second-order valence-corrected chi connectivity index (χ2v) is 9.29. The smallest absolute Gasteiger partial charge is 0.269 e. The van der Waals surface area contributed by atoms with Gasteiger partial charge in [0.15, 0.2) is 0 Å². The molecule has 0 unspecified atom stereocenters. The van der Waals surface area contributed by atoms with Crippen LogP contribution in [-0.2, 0) is 14.4 Å². The summed E-state index contributed by atoms with van der Waals surface area (Å²) in [5.74, 6) is -2.72. The van der Waals surface area contributed by atoms with Crippen molar-refractivity contribution in [1.29, 1.82) is 0 Å². The van der Waals surface area contributed by atoms with Crippen molar-refractivity contribution in [1.82, 2.24) is 0 Å². The van der Waals surface area contributed by atoms with Gasteiger partial charge in [0.1, 0.15) is 11.8 Å². The van der Waals surface area contributed by atoms with Gasteiger partial charge in [-0.1, -0.05) is 42.5 Å². The van der Waals surface area contributed by atoms with Crippen molar-refractivity contribution in [3.8, 4) is 5.75 Å². The van der Waals surface area contributed by atoms with Crippen LogP contribution < -0.4 is 19.9 Å². The summed E-state index contributed by atoms with van der Waals surface area (Å²) in [5, 5.41) is 13.8. The van der Waals surface area contributed by atoms with Crippen molar-refractivity contribution >= 4 is 46.5 Å². The van der Waals surface area contributed by atoms with Crippen LogP contribution in [0.5, 0.6) is 5.75 Å². The Hall–Kier alpha value is -4.99. The number of imide groups is 1. The number of rotatable bonds is 5. The number of non-ortho nitro benzene ring substituents is 1. The average Bonchev–Trinajstić information content (AvgIpc) is 3.41. The maximum Gasteiger partial charge on any atom is 0.269 e. The maximum atomic E-state index is 14.0. The van der Waals surface area contributed by atoms with Gasteiger partial charge >= 0.3 is 0 Å². The number of nitro benzene ring substituents is 1. The molecule has 3 heterocycles. The molecule has 3 aliphatic rings. The molecule has 3 amide bonds. The quantitative estimate of drug-likeness (QED) is 0.316. The van der Waals surface area contributed by atoms with Crippen LogP contribution in [-0.4, -0.2) is 41.8 Å². The Labute approximate surface area is 217 Å². The Morgan fingerprint density at radius 3 is 2.29 bits per heavy atom. The number of anilines is 3. The number of hydrogen-bond donors (Lipinski definition) is 1. The number of nitrogens with zero attached hydrogens (tertiary/aromatic N) is 3. The van der Waals surface area contributed by atoms with Gasteiger partial charge in [0.25, 0.3) is 5.69 Å². The van der Waals surface area contributed by atoms with Crippen LogP contribution in [0.3, 0.4) is 0 Å². The largest absolute Gasteiger partial charge is 0.495 e. The molecule has 6 rings (SSSR count). The highest BCUT2D eigenvalue weighted by Gasteiger charge is 2.64. The molecule has 190 valence electrons. The fourth-order valence-electron chi connectivity index (χ4n) is 5.75. The normalized spacial score (nSPS) is 23.1. The lowest BCUT2D eigenvalue weighted by Crippen LogP contribution is -2.50. The molecule has 0 radical (unpaired) electrons. The van der Waals surface area contributed by atoms with Crippen LogP contribution in [0.2, 0.25) is 0 Å². The number of para-hydroxylation sites is 3. The van der Waals surface area contributed by atoms with Crippen LogP contribution in [0.4, 0.5) is 22.7 Å². The predicted molar refractivity (Wildman–Crippen MR) is 140 cm³/mol. The number of amides is 3. The first kappa shape index (κ1) is 23.4. The summed E-state index contributed by atoms with van der Waals surface area (Å²) in [6, 6.07) is 18.2. The average molecular weight is 511 g/mol. The zero-order chi connectivity index (χ0) is 26.6. The van der Waals surface area contributed by atoms with E-state index in [1.165, 1.54) is 31.4 Å². The Morgan fingerprint density at radius 2 is 1.58 bits per heavy atom. The lowest BCUT2D eigenvalue weighted by Gasteiger charge is -2.36. The molecule has 2 saturated heterocycles. The van der Waals surface area contributed by atoms with Gasteiger partial charge < -0.3 is 15.0 Å². The van der Waals surface area contributed by atoms with E-state index in [0.717, 1.165) is 16.2 Å². The second-order valence-electron chi connectivity index (χ2n) is 9.29. The summed E-state index contributed by atoms with van der Waals surface area (Å²) in [4.78, 5) is 55.1. The summed E-state index contributed by atoms with van der Waals surface area (Å²) >= 11 is 0. The molecule has 0 bridgehead atoms. The van der Waals surface area contributed by atoms with Gasteiger partial charge in [-0.3, -0.25) is 24.5 Å². The van der Waals surface area contributed by atoms with E-state index in [0.29, 0.717) is 17.1 Å². The van der Waals surface area contributed by atoms with Gasteiger partial charge in [-0.05, 0) is 35.9 Å². The number of fused-ring (bicyclic) bond motifs is 5. The third-order valence-electron chi connectivity index (χ3n) is 7.36. The first-order chi connectivity index (χ1) is 18.4. The molecule has 1 N–H and O–H groups in total. The first-order valence-corrected chi connectivity index (χ1v) is 12.0. The Balaban J connectivity index is 1.42. The summed E-state index contributed by atoms with van der Waals surface area (Å²) in [7, 11) is 1.47. The summed E-state index contributed by atoms with van der Waals surface area (Å²) < 4.78 is 5.41. The zero-order valence-corrected chi connectivity index (χ0v) is 20.2. The van der Waals surface area contributed by atoms with E-state index < -0.39 is 46.6 Å². The number of nitrogens with one attached hydrogen (secondary N) is 1. The summed E-state index contributed by atoms with van der Waals surface area (Å²) in [6.45, 7) is 0. The SMILES string of the molecule is COc1ccccc1N1C(=O)[C@@H]2[C@H](C1=O)[C@@H]1C=Cc3ccccc3N1[C@@H]2C(=O)Nc1ccc([N+](=O)[O-])cc1. The van der Waals surface area contributed by atoms with Gasteiger partial charge in [0, 0.05) is 23.5 Å². The minimum atomic E-state index is -0.998. The monoisotopic (exact) mass is 510 g/mol. The van der Waals surface area contributed by atoms with E-state index in [9.17, 15) is 24.5 Å². The van der Waals surface area contributed by atoms with Gasteiger partial charge in [-0.25, -0.2) is 4.90 Å². The minimum absolute atomic E-state index is 0.108. The third-order valence-corrected chi connectivity index (χ3v) is 7.36. The van der Waals surface area contributed by atoms with Crippen molar-refractivity contribution in [3.05, 3.63) is 94.6 Å². The summed E-state index contributed by atoms with van der Waals surface area (Å²) in [6.07, 6.45) is 3.78. The van der Waals surface area contributed by atoms with E-state index >= 15 is 0 Å². The van der Waals surface area contributed by atoms with Gasteiger partial charge in [0.2, 0.25) is 17.7 Å². The van der Waals surface area contributed by atoms with E-state index in [1.807, 2.05) is 41.3 Å². The molecule has 3 aliphatic heterocycles. The standard InChI is InChI=1S/C28H22N4O6/c1-38-22-9-5-4-8-20(22)31-27(34)23-21-15-10-16-6-2-3-7-19(16)30(21)25(24(23)28(31)35)26(33)29-17-11-13-18(14-12-17)32(36)37/h2-15,21,23-25H,1H3,(H,29,33)/t21-,23+,24+,25-/m0/s1. The van der Waals surface area contributed by atoms with Crippen molar-refractivity contribution in [3.63, 3.8) is 0 Å². The number of methoxy groups -OCH3 is 1. The molecule has 0 aliphatic carbocycles. The van der Waals surface area contributed by atoms with Gasteiger partial charge in [0.05, 0.1) is 35.6 Å². The summed E-state index contributed by atoms with van der Waals surface area (Å²) in [5.41, 5.74) is 2.20. The van der Waals surface area contributed by atoms with Gasteiger partial charge in [-0.2, -0.15) is 0 Å².